The number of hydrogen-bond acceptors (Lipinski definition) is 7. The molecule has 0 radical (unpaired) electrons. The van der Waals surface area contributed by atoms with Gasteiger partial charge >= 0.3 is 5.97 Å². The molecule has 2 N–H and O–H groups in total. The van der Waals surface area contributed by atoms with E-state index >= 15 is 0 Å². The van der Waals surface area contributed by atoms with E-state index in [-0.39, 0.29) is 18.5 Å². The van der Waals surface area contributed by atoms with Crippen LogP contribution in [0.25, 0.3) is 11.0 Å². The standard InChI is InChI=1S/C21H28N6O3/c1-2-30-19(29)8-10-27-14-17(12-23-27)24-21-22-11-16-7-9-26(20(16)25-21)13-15-3-5-18(28)6-4-15/h7,9,11-12,14-15,18,28H,2-6,8,10,13H2,1H3,(H,22,24,25). The summed E-state index contributed by atoms with van der Waals surface area (Å²) in [5.41, 5.74) is 1.66. The van der Waals surface area contributed by atoms with Crippen LogP contribution in [-0.2, 0) is 22.6 Å². The van der Waals surface area contributed by atoms with Crippen LogP contribution in [0.5, 0.6) is 0 Å². The molecule has 1 saturated carbocycles. The molecule has 0 aromatic carbocycles. The van der Waals surface area contributed by atoms with E-state index in [2.05, 4.69) is 26.2 Å². The quantitative estimate of drug-likeness (QED) is 0.548. The summed E-state index contributed by atoms with van der Waals surface area (Å²) in [5.74, 6) is 0.837. The molecular formula is C21H28N6O3. The fourth-order valence-corrected chi connectivity index (χ4v) is 3.90. The average Bonchev–Trinajstić information content (AvgIpc) is 3.35. The largest absolute Gasteiger partial charge is 0.466 e. The van der Waals surface area contributed by atoms with Crippen molar-refractivity contribution in [2.75, 3.05) is 11.9 Å². The molecular weight excluding hydrogens is 384 g/mol. The summed E-state index contributed by atoms with van der Waals surface area (Å²) >= 11 is 0. The SMILES string of the molecule is CCOC(=O)CCn1cc(Nc2ncc3ccn(CC4CCC(O)CC4)c3n2)cn1. The van der Waals surface area contributed by atoms with Gasteiger partial charge in [-0.1, -0.05) is 0 Å². The molecule has 9 nitrogen and oxygen atoms in total. The Balaban J connectivity index is 1.40. The first kappa shape index (κ1) is 20.3. The molecule has 9 heteroatoms. The minimum Gasteiger partial charge on any atom is -0.466 e. The highest BCUT2D eigenvalue weighted by atomic mass is 16.5. The van der Waals surface area contributed by atoms with Crippen LogP contribution < -0.4 is 5.32 Å². The molecule has 3 aromatic rings. The summed E-state index contributed by atoms with van der Waals surface area (Å²) in [4.78, 5) is 20.6. The van der Waals surface area contributed by atoms with E-state index in [9.17, 15) is 9.90 Å². The molecule has 0 saturated heterocycles. The molecule has 30 heavy (non-hydrogen) atoms. The van der Waals surface area contributed by atoms with Crippen molar-refractivity contribution in [2.45, 2.75) is 58.2 Å². The average molecular weight is 412 g/mol. The molecule has 1 aliphatic rings. The molecule has 0 bridgehead atoms. The van der Waals surface area contributed by atoms with Crippen LogP contribution in [0.4, 0.5) is 11.6 Å². The topological polar surface area (TPSA) is 107 Å². The van der Waals surface area contributed by atoms with Crippen molar-refractivity contribution in [2.24, 2.45) is 5.92 Å². The van der Waals surface area contributed by atoms with Gasteiger partial charge in [-0.05, 0) is 44.6 Å². The second kappa shape index (κ2) is 9.25. The van der Waals surface area contributed by atoms with Gasteiger partial charge in [-0.15, -0.1) is 0 Å². The summed E-state index contributed by atoms with van der Waals surface area (Å²) in [7, 11) is 0. The summed E-state index contributed by atoms with van der Waals surface area (Å²) in [6.07, 6.45) is 11.4. The molecule has 0 unspecified atom stereocenters. The van der Waals surface area contributed by atoms with E-state index in [1.807, 2.05) is 18.5 Å². The number of esters is 1. The fraction of sp³-hybridized carbons (Fsp3) is 0.524. The molecule has 1 fully saturated rings. The van der Waals surface area contributed by atoms with Gasteiger partial charge in [-0.2, -0.15) is 10.1 Å². The second-order valence-corrected chi connectivity index (χ2v) is 7.79. The predicted molar refractivity (Wildman–Crippen MR) is 112 cm³/mol. The second-order valence-electron chi connectivity index (χ2n) is 7.79. The van der Waals surface area contributed by atoms with Gasteiger partial charge in [0.2, 0.25) is 5.95 Å². The zero-order valence-electron chi connectivity index (χ0n) is 17.2. The van der Waals surface area contributed by atoms with Crippen molar-refractivity contribution in [1.29, 1.82) is 0 Å². The Morgan fingerprint density at radius 3 is 2.93 bits per heavy atom. The highest BCUT2D eigenvalue weighted by Crippen LogP contribution is 2.27. The van der Waals surface area contributed by atoms with E-state index in [0.29, 0.717) is 25.0 Å². The van der Waals surface area contributed by atoms with Crippen LogP contribution in [0.15, 0.2) is 30.9 Å². The van der Waals surface area contributed by atoms with Crippen LogP contribution in [0, 0.1) is 5.92 Å². The molecule has 0 aliphatic heterocycles. The number of nitrogens with one attached hydrogen (secondary N) is 1. The Labute approximate surface area is 175 Å². The maximum Gasteiger partial charge on any atom is 0.307 e. The maximum atomic E-state index is 11.5. The van der Waals surface area contributed by atoms with E-state index in [4.69, 9.17) is 9.72 Å². The summed E-state index contributed by atoms with van der Waals surface area (Å²) < 4.78 is 8.81. The van der Waals surface area contributed by atoms with Gasteiger partial charge in [0.05, 0.1) is 37.6 Å². The molecule has 0 amide bonds. The van der Waals surface area contributed by atoms with Crippen LogP contribution in [-0.4, -0.2) is 48.1 Å². The third-order valence-corrected chi connectivity index (χ3v) is 5.51. The van der Waals surface area contributed by atoms with Crippen molar-refractivity contribution >= 4 is 28.6 Å². The lowest BCUT2D eigenvalue weighted by molar-refractivity contribution is -0.143. The van der Waals surface area contributed by atoms with Crippen molar-refractivity contribution in [3.8, 4) is 0 Å². The Morgan fingerprint density at radius 2 is 2.13 bits per heavy atom. The molecule has 3 aromatic heterocycles. The summed E-state index contributed by atoms with van der Waals surface area (Å²) in [6.45, 7) is 3.54. The van der Waals surface area contributed by atoms with Crippen LogP contribution >= 0.6 is 0 Å². The Morgan fingerprint density at radius 1 is 1.30 bits per heavy atom. The van der Waals surface area contributed by atoms with Gasteiger partial charge in [-0.25, -0.2) is 4.98 Å². The first-order valence-electron chi connectivity index (χ1n) is 10.6. The van der Waals surface area contributed by atoms with Crippen molar-refractivity contribution in [3.05, 3.63) is 30.9 Å². The van der Waals surface area contributed by atoms with E-state index < -0.39 is 0 Å². The number of rotatable bonds is 8. The van der Waals surface area contributed by atoms with Gasteiger partial charge in [-0.3, -0.25) is 9.48 Å². The van der Waals surface area contributed by atoms with E-state index in [0.717, 1.165) is 48.9 Å². The minimum atomic E-state index is -0.232. The monoisotopic (exact) mass is 412 g/mol. The Bertz CT molecular complexity index is 990. The molecule has 3 heterocycles. The number of aromatic nitrogens is 5. The van der Waals surface area contributed by atoms with Crippen LogP contribution in [0.1, 0.15) is 39.0 Å². The van der Waals surface area contributed by atoms with Gasteiger partial charge in [0.1, 0.15) is 5.65 Å². The third kappa shape index (κ3) is 4.96. The molecule has 1 aliphatic carbocycles. The zero-order valence-corrected chi connectivity index (χ0v) is 17.2. The van der Waals surface area contributed by atoms with E-state index in [1.54, 1.807) is 17.8 Å². The highest BCUT2D eigenvalue weighted by Gasteiger charge is 2.20. The minimum absolute atomic E-state index is 0.140. The number of aliphatic hydroxyl groups is 1. The predicted octanol–water partition coefficient (Wildman–Crippen LogP) is 2.88. The third-order valence-electron chi connectivity index (χ3n) is 5.51. The number of carbonyl (C=O) groups excluding carboxylic acids is 1. The Hall–Kier alpha value is -2.94. The number of anilines is 2. The number of hydrogen-bond donors (Lipinski definition) is 2. The summed E-state index contributed by atoms with van der Waals surface area (Å²) in [6, 6.07) is 2.03. The molecule has 0 spiro atoms. The molecule has 4 rings (SSSR count). The first-order chi connectivity index (χ1) is 14.6. The van der Waals surface area contributed by atoms with Gasteiger partial charge in [0, 0.05) is 30.5 Å². The number of aryl methyl sites for hydroxylation is 1. The lowest BCUT2D eigenvalue weighted by Crippen LogP contribution is -2.21. The molecule has 0 atom stereocenters. The van der Waals surface area contributed by atoms with Crippen LogP contribution in [0.3, 0.4) is 0 Å². The van der Waals surface area contributed by atoms with Crippen molar-refractivity contribution < 1.29 is 14.6 Å². The van der Waals surface area contributed by atoms with Crippen molar-refractivity contribution in [3.63, 3.8) is 0 Å². The van der Waals surface area contributed by atoms with Gasteiger partial charge in [0.15, 0.2) is 0 Å². The van der Waals surface area contributed by atoms with Crippen LogP contribution in [0.2, 0.25) is 0 Å². The number of aliphatic hydroxyl groups excluding tert-OH is 1. The molecule has 160 valence electrons. The number of carbonyl (C=O) groups is 1. The summed E-state index contributed by atoms with van der Waals surface area (Å²) in [5, 5.41) is 18.2. The lowest BCUT2D eigenvalue weighted by Gasteiger charge is -2.25. The maximum absolute atomic E-state index is 11.5. The zero-order chi connectivity index (χ0) is 20.9. The Kier molecular flexibility index (Phi) is 6.27. The number of nitrogens with zero attached hydrogens (tertiary/aromatic N) is 5. The smallest absolute Gasteiger partial charge is 0.307 e. The highest BCUT2D eigenvalue weighted by molar-refractivity contribution is 5.76. The normalized spacial score (nSPS) is 19.1. The fourth-order valence-electron chi connectivity index (χ4n) is 3.90. The van der Waals surface area contributed by atoms with Gasteiger partial charge in [0.25, 0.3) is 0 Å². The van der Waals surface area contributed by atoms with Crippen molar-refractivity contribution in [1.82, 2.24) is 24.3 Å². The number of fused-ring (bicyclic) bond motifs is 1. The van der Waals surface area contributed by atoms with Gasteiger partial charge < -0.3 is 19.7 Å². The lowest BCUT2D eigenvalue weighted by atomic mass is 9.87. The number of ether oxygens (including phenoxy) is 1. The van der Waals surface area contributed by atoms with E-state index in [1.165, 1.54) is 0 Å². The first-order valence-corrected chi connectivity index (χ1v) is 10.6.